The highest BCUT2D eigenvalue weighted by Gasteiger charge is 2.33. The van der Waals surface area contributed by atoms with Crippen molar-refractivity contribution in [3.63, 3.8) is 0 Å². The zero-order valence-electron chi connectivity index (χ0n) is 19.1. The number of aryl methyl sites for hydroxylation is 1. The first kappa shape index (κ1) is 24.0. The first-order chi connectivity index (χ1) is 16.3. The van der Waals surface area contributed by atoms with Crippen LogP contribution in [-0.4, -0.2) is 50.5 Å². The Morgan fingerprint density at radius 2 is 1.74 bits per heavy atom. The number of nitrogens with one attached hydrogen (secondary N) is 2. The van der Waals surface area contributed by atoms with Gasteiger partial charge in [-0.05, 0) is 56.0 Å². The third-order valence-corrected chi connectivity index (χ3v) is 8.03. The lowest BCUT2D eigenvalue weighted by molar-refractivity contribution is -0.139. The largest absolute Gasteiger partial charge is 0.454 e. The number of carbonyl (C=O) groups excluding carboxylic acids is 2. The summed E-state index contributed by atoms with van der Waals surface area (Å²) >= 11 is 0. The van der Waals surface area contributed by atoms with Crippen molar-refractivity contribution in [2.24, 2.45) is 0 Å². The summed E-state index contributed by atoms with van der Waals surface area (Å²) in [4.78, 5) is 24.7. The molecule has 2 aromatic carbocycles. The molecule has 4 rings (SSSR count). The number of benzene rings is 2. The average Bonchev–Trinajstić information content (AvgIpc) is 3.31. The van der Waals surface area contributed by atoms with Crippen LogP contribution in [0, 0.1) is 6.92 Å². The maximum absolute atomic E-state index is 13.2. The summed E-state index contributed by atoms with van der Waals surface area (Å²) in [5.74, 6) is -0.238. The van der Waals surface area contributed by atoms with Gasteiger partial charge in [-0.15, -0.1) is 0 Å². The molecule has 2 aliphatic heterocycles. The maximum atomic E-state index is 13.2. The molecule has 0 aliphatic carbocycles. The lowest BCUT2D eigenvalue weighted by Crippen LogP contribution is -2.46. The van der Waals surface area contributed by atoms with Crippen LogP contribution in [0.3, 0.4) is 0 Å². The van der Waals surface area contributed by atoms with Crippen molar-refractivity contribution in [3.05, 3.63) is 53.6 Å². The fourth-order valence-corrected chi connectivity index (χ4v) is 5.89. The standard InChI is InChI=1S/C24H29N3O6S/c1-17-5-8-20(9-6-17)34(30,31)27-13-3-2-4-19(27)11-12-25-23(28)24(29)26-15-18-7-10-21-22(14-18)33-16-32-21/h5-10,14,19H,2-4,11-13,15-16H2,1H3,(H,25,28)(H,26,29)/t19-/m0/s1. The van der Waals surface area contributed by atoms with E-state index in [4.69, 9.17) is 9.47 Å². The third-order valence-electron chi connectivity index (χ3n) is 6.06. The molecule has 34 heavy (non-hydrogen) atoms. The quantitative estimate of drug-likeness (QED) is 0.578. The van der Waals surface area contributed by atoms with Crippen LogP contribution in [0.15, 0.2) is 47.4 Å². The van der Waals surface area contributed by atoms with Gasteiger partial charge in [0, 0.05) is 25.7 Å². The van der Waals surface area contributed by atoms with Crippen molar-refractivity contribution >= 4 is 21.8 Å². The van der Waals surface area contributed by atoms with Gasteiger partial charge in [0.2, 0.25) is 16.8 Å². The Morgan fingerprint density at radius 1 is 1.00 bits per heavy atom. The molecule has 9 nitrogen and oxygen atoms in total. The highest BCUT2D eigenvalue weighted by atomic mass is 32.2. The first-order valence-corrected chi connectivity index (χ1v) is 12.8. The Morgan fingerprint density at radius 3 is 2.53 bits per heavy atom. The molecule has 0 spiro atoms. The van der Waals surface area contributed by atoms with Crippen LogP contribution in [0.2, 0.25) is 0 Å². The molecule has 0 radical (unpaired) electrons. The zero-order valence-corrected chi connectivity index (χ0v) is 19.9. The summed E-state index contributed by atoms with van der Waals surface area (Å²) < 4.78 is 38.4. The molecule has 182 valence electrons. The van der Waals surface area contributed by atoms with E-state index in [1.807, 2.05) is 6.92 Å². The molecule has 0 saturated carbocycles. The molecular formula is C24H29N3O6S. The number of fused-ring (bicyclic) bond motifs is 1. The fraction of sp³-hybridized carbons (Fsp3) is 0.417. The summed E-state index contributed by atoms with van der Waals surface area (Å²) in [6, 6.07) is 11.9. The molecule has 10 heteroatoms. The monoisotopic (exact) mass is 487 g/mol. The van der Waals surface area contributed by atoms with Gasteiger partial charge >= 0.3 is 11.8 Å². The molecule has 1 saturated heterocycles. The highest BCUT2D eigenvalue weighted by Crippen LogP contribution is 2.32. The molecular weight excluding hydrogens is 458 g/mol. The smallest absolute Gasteiger partial charge is 0.309 e. The first-order valence-electron chi connectivity index (χ1n) is 11.4. The molecule has 2 heterocycles. The molecule has 1 fully saturated rings. The van der Waals surface area contributed by atoms with Crippen molar-refractivity contribution in [1.82, 2.24) is 14.9 Å². The second kappa shape index (κ2) is 10.4. The summed E-state index contributed by atoms with van der Waals surface area (Å²) in [5, 5.41) is 5.19. The van der Waals surface area contributed by atoms with Gasteiger partial charge in [-0.25, -0.2) is 8.42 Å². The highest BCUT2D eigenvalue weighted by molar-refractivity contribution is 7.89. The fourth-order valence-electron chi connectivity index (χ4n) is 4.17. The number of piperidine rings is 1. The van der Waals surface area contributed by atoms with Crippen LogP contribution < -0.4 is 20.1 Å². The van der Waals surface area contributed by atoms with E-state index in [1.54, 1.807) is 42.5 Å². The summed E-state index contributed by atoms with van der Waals surface area (Å²) in [6.45, 7) is 2.91. The number of rotatable bonds is 7. The van der Waals surface area contributed by atoms with Gasteiger partial charge in [0.05, 0.1) is 4.90 Å². The number of ether oxygens (including phenoxy) is 2. The molecule has 0 aromatic heterocycles. The lowest BCUT2D eigenvalue weighted by Gasteiger charge is -2.34. The van der Waals surface area contributed by atoms with Gasteiger partial charge in [-0.3, -0.25) is 9.59 Å². The SMILES string of the molecule is Cc1ccc(S(=O)(=O)N2CCCC[C@H]2CCNC(=O)C(=O)NCc2ccc3c(c2)OCO3)cc1. The zero-order chi connectivity index (χ0) is 24.1. The van der Waals surface area contributed by atoms with E-state index in [2.05, 4.69) is 10.6 Å². The minimum Gasteiger partial charge on any atom is -0.454 e. The van der Waals surface area contributed by atoms with E-state index in [0.29, 0.717) is 24.5 Å². The second-order valence-corrected chi connectivity index (χ2v) is 10.4. The van der Waals surface area contributed by atoms with Crippen molar-refractivity contribution in [2.75, 3.05) is 19.9 Å². The van der Waals surface area contributed by atoms with Crippen LogP contribution in [0.4, 0.5) is 0 Å². The number of amides is 2. The van der Waals surface area contributed by atoms with Gasteiger partial charge in [-0.2, -0.15) is 4.31 Å². The van der Waals surface area contributed by atoms with E-state index >= 15 is 0 Å². The third kappa shape index (κ3) is 5.51. The Labute approximate surface area is 199 Å². The molecule has 2 aliphatic rings. The summed E-state index contributed by atoms with van der Waals surface area (Å²) in [7, 11) is -3.62. The van der Waals surface area contributed by atoms with Crippen molar-refractivity contribution in [3.8, 4) is 11.5 Å². The number of hydrogen-bond donors (Lipinski definition) is 2. The van der Waals surface area contributed by atoms with Gasteiger partial charge in [0.25, 0.3) is 0 Å². The molecule has 2 aromatic rings. The van der Waals surface area contributed by atoms with Crippen LogP contribution in [-0.2, 0) is 26.2 Å². The number of carbonyl (C=O) groups is 2. The summed E-state index contributed by atoms with van der Waals surface area (Å²) in [6.07, 6.45) is 2.88. The van der Waals surface area contributed by atoms with Crippen molar-refractivity contribution < 1.29 is 27.5 Å². The molecule has 2 amide bonds. The van der Waals surface area contributed by atoms with Gasteiger partial charge in [-0.1, -0.05) is 30.2 Å². The van der Waals surface area contributed by atoms with E-state index in [1.165, 1.54) is 4.31 Å². The minimum atomic E-state index is -3.62. The van der Waals surface area contributed by atoms with E-state index in [-0.39, 0.29) is 30.8 Å². The van der Waals surface area contributed by atoms with E-state index < -0.39 is 21.8 Å². The van der Waals surface area contributed by atoms with Crippen LogP contribution >= 0.6 is 0 Å². The molecule has 0 unspecified atom stereocenters. The number of sulfonamides is 1. The lowest BCUT2D eigenvalue weighted by atomic mass is 10.0. The Balaban J connectivity index is 1.27. The van der Waals surface area contributed by atoms with Crippen molar-refractivity contribution in [2.45, 2.75) is 50.1 Å². The number of nitrogens with zero attached hydrogens (tertiary/aromatic N) is 1. The van der Waals surface area contributed by atoms with Gasteiger partial charge in [0.15, 0.2) is 11.5 Å². The van der Waals surface area contributed by atoms with Crippen molar-refractivity contribution in [1.29, 1.82) is 0 Å². The average molecular weight is 488 g/mol. The van der Waals surface area contributed by atoms with E-state index in [0.717, 1.165) is 30.4 Å². The normalized spacial score (nSPS) is 17.9. The number of hydrogen-bond acceptors (Lipinski definition) is 6. The van der Waals surface area contributed by atoms with Gasteiger partial charge in [0.1, 0.15) is 0 Å². The van der Waals surface area contributed by atoms with E-state index in [9.17, 15) is 18.0 Å². The van der Waals surface area contributed by atoms with Crippen LogP contribution in [0.25, 0.3) is 0 Å². The summed E-state index contributed by atoms with van der Waals surface area (Å²) in [5.41, 5.74) is 1.78. The predicted octanol–water partition coefficient (Wildman–Crippen LogP) is 2.09. The minimum absolute atomic E-state index is 0.165. The molecule has 2 N–H and O–H groups in total. The van der Waals surface area contributed by atoms with Gasteiger partial charge < -0.3 is 20.1 Å². The Kier molecular flexibility index (Phi) is 7.38. The topological polar surface area (TPSA) is 114 Å². The second-order valence-electron chi connectivity index (χ2n) is 8.49. The molecule has 0 bridgehead atoms. The predicted molar refractivity (Wildman–Crippen MR) is 125 cm³/mol. The maximum Gasteiger partial charge on any atom is 0.309 e. The van der Waals surface area contributed by atoms with Crippen LogP contribution in [0.5, 0.6) is 11.5 Å². The molecule has 1 atom stereocenters. The Bertz CT molecular complexity index is 1150. The van der Waals surface area contributed by atoms with Crippen LogP contribution in [0.1, 0.15) is 36.8 Å². The Hall–Kier alpha value is -3.11.